The summed E-state index contributed by atoms with van der Waals surface area (Å²) in [5, 5.41) is 12.6. The Morgan fingerprint density at radius 1 is 1.39 bits per heavy atom. The van der Waals surface area contributed by atoms with Gasteiger partial charge in [-0.05, 0) is 18.6 Å². The number of β-amino-alcohol motifs (C(OH)–C–C–N with tert-alkyl or cyclic N) is 1. The minimum absolute atomic E-state index is 0.00834. The fourth-order valence-corrected chi connectivity index (χ4v) is 2.48. The van der Waals surface area contributed by atoms with Gasteiger partial charge in [-0.3, -0.25) is 14.5 Å². The summed E-state index contributed by atoms with van der Waals surface area (Å²) in [5.74, 6) is -1.71. The number of para-hydroxylation sites is 1. The van der Waals surface area contributed by atoms with Gasteiger partial charge in [0.25, 0.3) is 5.91 Å². The average molecular weight is 321 g/mol. The number of methoxy groups -OCH3 is 1. The van der Waals surface area contributed by atoms with Crippen LogP contribution in [0, 0.1) is 0 Å². The van der Waals surface area contributed by atoms with E-state index in [1.165, 1.54) is 7.11 Å². The molecule has 0 saturated carbocycles. The first-order valence-electron chi connectivity index (χ1n) is 7.07. The Bertz CT molecular complexity index is 633. The SMILES string of the molecule is COC(=O)c1ccccc1NC(=O)CN1CCC(O)(C(N)=O)C1. The van der Waals surface area contributed by atoms with Crippen molar-refractivity contribution in [1.82, 2.24) is 4.90 Å². The number of hydrogen-bond acceptors (Lipinski definition) is 6. The molecular weight excluding hydrogens is 302 g/mol. The Labute approximate surface area is 133 Å². The number of carbonyl (C=O) groups is 3. The van der Waals surface area contributed by atoms with E-state index < -0.39 is 17.5 Å². The van der Waals surface area contributed by atoms with Crippen molar-refractivity contribution in [1.29, 1.82) is 0 Å². The fraction of sp³-hybridized carbons (Fsp3) is 0.400. The van der Waals surface area contributed by atoms with Gasteiger partial charge in [0.15, 0.2) is 5.60 Å². The number of aliphatic hydroxyl groups is 1. The summed E-state index contributed by atoms with van der Waals surface area (Å²) in [4.78, 5) is 36.6. The highest BCUT2D eigenvalue weighted by Gasteiger charge is 2.41. The van der Waals surface area contributed by atoms with Crippen LogP contribution in [-0.2, 0) is 14.3 Å². The van der Waals surface area contributed by atoms with E-state index in [2.05, 4.69) is 10.1 Å². The summed E-state index contributed by atoms with van der Waals surface area (Å²) in [5.41, 5.74) is 4.15. The molecule has 8 heteroatoms. The Morgan fingerprint density at radius 3 is 2.70 bits per heavy atom. The van der Waals surface area contributed by atoms with Crippen LogP contribution in [0.15, 0.2) is 24.3 Å². The second-order valence-electron chi connectivity index (χ2n) is 5.44. The zero-order chi connectivity index (χ0) is 17.0. The van der Waals surface area contributed by atoms with Crippen LogP contribution >= 0.6 is 0 Å². The number of esters is 1. The van der Waals surface area contributed by atoms with E-state index in [-0.39, 0.29) is 31.0 Å². The quantitative estimate of drug-likeness (QED) is 0.619. The number of nitrogens with one attached hydrogen (secondary N) is 1. The van der Waals surface area contributed by atoms with Crippen molar-refractivity contribution in [2.75, 3.05) is 32.1 Å². The molecule has 2 amide bonds. The van der Waals surface area contributed by atoms with Crippen molar-refractivity contribution < 1.29 is 24.2 Å². The lowest BCUT2D eigenvalue weighted by atomic mass is 10.0. The molecule has 1 aromatic rings. The van der Waals surface area contributed by atoms with Crippen molar-refractivity contribution in [2.45, 2.75) is 12.0 Å². The van der Waals surface area contributed by atoms with Crippen molar-refractivity contribution in [3.05, 3.63) is 29.8 Å². The molecule has 1 fully saturated rings. The first-order chi connectivity index (χ1) is 10.9. The first-order valence-corrected chi connectivity index (χ1v) is 7.07. The summed E-state index contributed by atoms with van der Waals surface area (Å²) in [7, 11) is 1.26. The van der Waals surface area contributed by atoms with Gasteiger partial charge < -0.3 is 20.9 Å². The van der Waals surface area contributed by atoms with Gasteiger partial charge in [-0.25, -0.2) is 4.79 Å². The van der Waals surface area contributed by atoms with E-state index in [0.717, 1.165) is 0 Å². The fourth-order valence-electron chi connectivity index (χ4n) is 2.48. The number of amides is 2. The standard InChI is InChI=1S/C15H19N3O5/c1-23-13(20)10-4-2-3-5-11(10)17-12(19)8-18-7-6-15(22,9-18)14(16)21/h2-5,22H,6-9H2,1H3,(H2,16,21)(H,17,19). The van der Waals surface area contributed by atoms with Gasteiger partial charge in [0, 0.05) is 13.1 Å². The highest BCUT2D eigenvalue weighted by atomic mass is 16.5. The number of benzene rings is 1. The largest absolute Gasteiger partial charge is 0.465 e. The molecule has 124 valence electrons. The molecule has 1 saturated heterocycles. The topological polar surface area (TPSA) is 122 Å². The van der Waals surface area contributed by atoms with Crippen LogP contribution in [0.5, 0.6) is 0 Å². The number of ether oxygens (including phenoxy) is 1. The maximum absolute atomic E-state index is 12.1. The van der Waals surface area contributed by atoms with Gasteiger partial charge in [0.05, 0.1) is 24.9 Å². The van der Waals surface area contributed by atoms with E-state index in [0.29, 0.717) is 12.2 Å². The van der Waals surface area contributed by atoms with Crippen molar-refractivity contribution in [3.8, 4) is 0 Å². The zero-order valence-electron chi connectivity index (χ0n) is 12.7. The number of likely N-dealkylation sites (tertiary alicyclic amines) is 1. The van der Waals surface area contributed by atoms with Crippen LogP contribution < -0.4 is 11.1 Å². The molecular formula is C15H19N3O5. The van der Waals surface area contributed by atoms with E-state index in [1.54, 1.807) is 29.2 Å². The van der Waals surface area contributed by atoms with Gasteiger partial charge in [-0.1, -0.05) is 12.1 Å². The Hall–Kier alpha value is -2.45. The number of rotatable bonds is 5. The van der Waals surface area contributed by atoms with Gasteiger partial charge in [-0.2, -0.15) is 0 Å². The van der Waals surface area contributed by atoms with Crippen LogP contribution in [0.2, 0.25) is 0 Å². The zero-order valence-corrected chi connectivity index (χ0v) is 12.7. The molecule has 1 unspecified atom stereocenters. The van der Waals surface area contributed by atoms with E-state index in [4.69, 9.17) is 5.73 Å². The maximum Gasteiger partial charge on any atom is 0.339 e. The van der Waals surface area contributed by atoms with Gasteiger partial charge in [0.2, 0.25) is 5.91 Å². The van der Waals surface area contributed by atoms with Crippen molar-refractivity contribution in [3.63, 3.8) is 0 Å². The maximum atomic E-state index is 12.1. The molecule has 0 spiro atoms. The molecule has 23 heavy (non-hydrogen) atoms. The number of hydrogen-bond donors (Lipinski definition) is 3. The van der Waals surface area contributed by atoms with E-state index >= 15 is 0 Å². The summed E-state index contributed by atoms with van der Waals surface area (Å²) >= 11 is 0. The van der Waals surface area contributed by atoms with Crippen molar-refractivity contribution >= 4 is 23.5 Å². The number of nitrogens with zero attached hydrogens (tertiary/aromatic N) is 1. The first kappa shape index (κ1) is 16.9. The summed E-state index contributed by atoms with van der Waals surface area (Å²) in [6, 6.07) is 6.48. The third kappa shape index (κ3) is 3.85. The van der Waals surface area contributed by atoms with E-state index in [1.807, 2.05) is 0 Å². The smallest absolute Gasteiger partial charge is 0.339 e. The molecule has 1 atom stereocenters. The second-order valence-corrected chi connectivity index (χ2v) is 5.44. The summed E-state index contributed by atoms with van der Waals surface area (Å²) in [6.07, 6.45) is 0.189. The number of anilines is 1. The lowest BCUT2D eigenvalue weighted by Gasteiger charge is -2.19. The average Bonchev–Trinajstić information content (AvgIpc) is 2.89. The Morgan fingerprint density at radius 2 is 2.09 bits per heavy atom. The molecule has 8 nitrogen and oxygen atoms in total. The summed E-state index contributed by atoms with van der Waals surface area (Å²) in [6.45, 7) is 0.366. The highest BCUT2D eigenvalue weighted by Crippen LogP contribution is 2.21. The minimum atomic E-state index is -1.59. The number of nitrogens with two attached hydrogens (primary N) is 1. The van der Waals surface area contributed by atoms with Gasteiger partial charge in [0.1, 0.15) is 0 Å². The molecule has 0 aromatic heterocycles. The lowest BCUT2D eigenvalue weighted by Crippen LogP contribution is -2.46. The van der Waals surface area contributed by atoms with Crippen LogP contribution in [0.25, 0.3) is 0 Å². The molecule has 1 aliphatic heterocycles. The molecule has 1 aliphatic rings. The van der Waals surface area contributed by atoms with Crippen LogP contribution in [0.1, 0.15) is 16.8 Å². The monoisotopic (exact) mass is 321 g/mol. The molecule has 4 N–H and O–H groups in total. The third-order valence-corrected chi connectivity index (χ3v) is 3.76. The van der Waals surface area contributed by atoms with Crippen LogP contribution in [0.3, 0.4) is 0 Å². The molecule has 1 aromatic carbocycles. The van der Waals surface area contributed by atoms with Gasteiger partial charge >= 0.3 is 5.97 Å². The Balaban J connectivity index is 1.99. The normalized spacial score (nSPS) is 21.0. The molecule has 0 aliphatic carbocycles. The number of primary amides is 1. The highest BCUT2D eigenvalue weighted by molar-refractivity contribution is 6.01. The molecule has 1 heterocycles. The summed E-state index contributed by atoms with van der Waals surface area (Å²) < 4.78 is 4.66. The third-order valence-electron chi connectivity index (χ3n) is 3.76. The predicted octanol–water partition coefficient (Wildman–Crippen LogP) is -0.666. The molecule has 0 radical (unpaired) electrons. The molecule has 0 bridgehead atoms. The Kier molecular flexibility index (Phi) is 4.97. The molecule has 2 rings (SSSR count). The van der Waals surface area contributed by atoms with E-state index in [9.17, 15) is 19.5 Å². The van der Waals surface area contributed by atoms with Crippen LogP contribution in [-0.4, -0.2) is 60.1 Å². The minimum Gasteiger partial charge on any atom is -0.465 e. The predicted molar refractivity (Wildman–Crippen MR) is 81.6 cm³/mol. The number of carbonyl (C=O) groups excluding carboxylic acids is 3. The van der Waals surface area contributed by atoms with Gasteiger partial charge in [-0.15, -0.1) is 0 Å². The second kappa shape index (κ2) is 6.76. The van der Waals surface area contributed by atoms with Crippen LogP contribution in [0.4, 0.5) is 5.69 Å². The lowest BCUT2D eigenvalue weighted by molar-refractivity contribution is -0.135. The van der Waals surface area contributed by atoms with Crippen molar-refractivity contribution in [2.24, 2.45) is 5.73 Å².